The van der Waals surface area contributed by atoms with Crippen LogP contribution < -0.4 is 0 Å². The zero-order valence-corrected chi connectivity index (χ0v) is 15.8. The first-order valence-corrected chi connectivity index (χ1v) is 10.2. The van der Waals surface area contributed by atoms with Crippen LogP contribution in [0.2, 0.25) is 0 Å². The van der Waals surface area contributed by atoms with E-state index in [9.17, 15) is 0 Å². The fourth-order valence-corrected chi connectivity index (χ4v) is 3.06. The van der Waals surface area contributed by atoms with Gasteiger partial charge in [0.1, 0.15) is 0 Å². The van der Waals surface area contributed by atoms with Crippen LogP contribution in [0, 0.1) is 0 Å². The first-order valence-electron chi connectivity index (χ1n) is 10.2. The van der Waals surface area contributed by atoms with Crippen LogP contribution in [-0.4, -0.2) is 24.5 Å². The molecule has 1 nitrogen and oxygen atoms in total. The molecule has 0 aliphatic heterocycles. The van der Waals surface area contributed by atoms with Crippen molar-refractivity contribution in [3.05, 3.63) is 12.7 Å². The Morgan fingerprint density at radius 3 is 1.32 bits per heavy atom. The molecular formula is C21H43N. The van der Waals surface area contributed by atoms with Crippen LogP contribution in [0.15, 0.2) is 12.7 Å². The smallest absolute Gasteiger partial charge is 0.0160 e. The van der Waals surface area contributed by atoms with Gasteiger partial charge in [0.05, 0.1) is 0 Å². The molecule has 0 spiro atoms. The molecule has 0 aliphatic rings. The van der Waals surface area contributed by atoms with Gasteiger partial charge in [0.25, 0.3) is 0 Å². The second-order valence-corrected chi connectivity index (χ2v) is 6.83. The van der Waals surface area contributed by atoms with Crippen LogP contribution in [0.3, 0.4) is 0 Å². The van der Waals surface area contributed by atoms with Crippen molar-refractivity contribution in [1.29, 1.82) is 0 Å². The predicted octanol–water partition coefficient (Wildman–Crippen LogP) is 6.98. The maximum absolute atomic E-state index is 3.92. The van der Waals surface area contributed by atoms with E-state index in [1.807, 2.05) is 0 Å². The lowest BCUT2D eigenvalue weighted by Gasteiger charge is -2.20. The van der Waals surface area contributed by atoms with Crippen molar-refractivity contribution in [3.8, 4) is 0 Å². The van der Waals surface area contributed by atoms with Crippen molar-refractivity contribution in [2.45, 2.75) is 104 Å². The van der Waals surface area contributed by atoms with Crippen LogP contribution >= 0.6 is 0 Å². The molecule has 0 saturated carbocycles. The molecule has 132 valence electrons. The van der Waals surface area contributed by atoms with Crippen molar-refractivity contribution in [2.75, 3.05) is 19.6 Å². The number of unbranched alkanes of at least 4 members (excludes halogenated alkanes) is 12. The molecule has 0 aromatic rings. The van der Waals surface area contributed by atoms with Gasteiger partial charge in [-0.15, -0.1) is 6.58 Å². The molecule has 0 unspecified atom stereocenters. The van der Waals surface area contributed by atoms with Gasteiger partial charge in [-0.1, -0.05) is 97.0 Å². The summed E-state index contributed by atoms with van der Waals surface area (Å²) in [5.74, 6) is 0. The Hall–Kier alpha value is -0.300. The summed E-state index contributed by atoms with van der Waals surface area (Å²) in [6.07, 6.45) is 21.8. The molecule has 0 N–H and O–H groups in total. The highest BCUT2D eigenvalue weighted by atomic mass is 15.1. The van der Waals surface area contributed by atoms with Gasteiger partial charge in [-0.3, -0.25) is 4.90 Å². The van der Waals surface area contributed by atoms with E-state index in [-0.39, 0.29) is 0 Å². The van der Waals surface area contributed by atoms with Gasteiger partial charge in [-0.2, -0.15) is 0 Å². The first-order chi connectivity index (χ1) is 10.8. The van der Waals surface area contributed by atoms with E-state index in [0.29, 0.717) is 0 Å². The highest BCUT2D eigenvalue weighted by molar-refractivity contribution is 4.73. The predicted molar refractivity (Wildman–Crippen MR) is 103 cm³/mol. The molecule has 0 saturated heterocycles. The number of hydrogen-bond donors (Lipinski definition) is 0. The van der Waals surface area contributed by atoms with Crippen LogP contribution in [0.25, 0.3) is 0 Å². The third-order valence-electron chi connectivity index (χ3n) is 4.54. The van der Waals surface area contributed by atoms with Crippen molar-refractivity contribution >= 4 is 0 Å². The Morgan fingerprint density at radius 2 is 0.955 bits per heavy atom. The molecule has 0 bridgehead atoms. The molecule has 0 rings (SSSR count). The highest BCUT2D eigenvalue weighted by Crippen LogP contribution is 2.10. The molecule has 22 heavy (non-hydrogen) atoms. The van der Waals surface area contributed by atoms with Gasteiger partial charge in [-0.25, -0.2) is 0 Å². The van der Waals surface area contributed by atoms with Gasteiger partial charge in [-0.05, 0) is 25.9 Å². The Morgan fingerprint density at radius 1 is 0.591 bits per heavy atom. The van der Waals surface area contributed by atoms with E-state index in [0.717, 1.165) is 6.54 Å². The largest absolute Gasteiger partial charge is 0.300 e. The highest BCUT2D eigenvalue weighted by Gasteiger charge is 2.02. The summed E-state index contributed by atoms with van der Waals surface area (Å²) >= 11 is 0. The Balaban J connectivity index is 3.46. The molecular weight excluding hydrogens is 266 g/mol. The molecule has 0 radical (unpaired) electrons. The molecule has 0 amide bonds. The minimum atomic E-state index is 1.08. The van der Waals surface area contributed by atoms with Gasteiger partial charge in [0.15, 0.2) is 0 Å². The normalized spacial score (nSPS) is 11.2. The topological polar surface area (TPSA) is 3.24 Å². The summed E-state index contributed by atoms with van der Waals surface area (Å²) in [5, 5.41) is 0. The Bertz CT molecular complexity index is 194. The van der Waals surface area contributed by atoms with Crippen LogP contribution in [0.4, 0.5) is 0 Å². The monoisotopic (exact) mass is 309 g/mol. The quantitative estimate of drug-likeness (QED) is 0.195. The average Bonchev–Trinajstić information content (AvgIpc) is 2.53. The van der Waals surface area contributed by atoms with Crippen molar-refractivity contribution in [3.63, 3.8) is 0 Å². The summed E-state index contributed by atoms with van der Waals surface area (Å²) < 4.78 is 0. The molecule has 0 fully saturated rings. The maximum Gasteiger partial charge on any atom is 0.0160 e. The average molecular weight is 310 g/mol. The zero-order chi connectivity index (χ0) is 16.3. The van der Waals surface area contributed by atoms with Crippen molar-refractivity contribution < 1.29 is 0 Å². The number of nitrogens with zero attached hydrogens (tertiary/aromatic N) is 1. The second-order valence-electron chi connectivity index (χ2n) is 6.83. The summed E-state index contributed by atoms with van der Waals surface area (Å²) in [4.78, 5) is 2.60. The van der Waals surface area contributed by atoms with E-state index >= 15 is 0 Å². The molecule has 0 atom stereocenters. The van der Waals surface area contributed by atoms with Crippen molar-refractivity contribution in [1.82, 2.24) is 4.90 Å². The third kappa shape index (κ3) is 16.1. The Kier molecular flexibility index (Phi) is 18.5. The van der Waals surface area contributed by atoms with Crippen LogP contribution in [0.5, 0.6) is 0 Å². The van der Waals surface area contributed by atoms with E-state index < -0.39 is 0 Å². The lowest BCUT2D eigenvalue weighted by Crippen LogP contribution is -2.26. The number of rotatable bonds is 18. The molecule has 0 aliphatic carbocycles. The van der Waals surface area contributed by atoms with E-state index in [2.05, 4.69) is 31.4 Å². The maximum atomic E-state index is 3.92. The van der Waals surface area contributed by atoms with Gasteiger partial charge < -0.3 is 0 Å². The fraction of sp³-hybridized carbons (Fsp3) is 0.905. The summed E-state index contributed by atoms with van der Waals surface area (Å²) in [6.45, 7) is 12.1. The first kappa shape index (κ1) is 21.7. The molecule has 0 aromatic heterocycles. The SMILES string of the molecule is C=CCN(CCCCCCCCC)CCCCCCCCC. The van der Waals surface area contributed by atoms with Crippen LogP contribution in [0.1, 0.15) is 104 Å². The van der Waals surface area contributed by atoms with Crippen molar-refractivity contribution in [2.24, 2.45) is 0 Å². The zero-order valence-electron chi connectivity index (χ0n) is 15.8. The summed E-state index contributed by atoms with van der Waals surface area (Å²) in [6, 6.07) is 0. The fourth-order valence-electron chi connectivity index (χ4n) is 3.06. The molecule has 1 heteroatoms. The summed E-state index contributed by atoms with van der Waals surface area (Å²) in [5.41, 5.74) is 0. The third-order valence-corrected chi connectivity index (χ3v) is 4.54. The van der Waals surface area contributed by atoms with Gasteiger partial charge >= 0.3 is 0 Å². The number of hydrogen-bond acceptors (Lipinski definition) is 1. The molecule has 0 aromatic carbocycles. The second kappa shape index (κ2) is 18.7. The van der Waals surface area contributed by atoms with E-state index in [1.54, 1.807) is 0 Å². The minimum absolute atomic E-state index is 1.08. The molecule has 0 heterocycles. The van der Waals surface area contributed by atoms with Gasteiger partial charge in [0.2, 0.25) is 0 Å². The minimum Gasteiger partial charge on any atom is -0.300 e. The van der Waals surface area contributed by atoms with E-state index in [1.165, 1.54) is 103 Å². The van der Waals surface area contributed by atoms with E-state index in [4.69, 9.17) is 0 Å². The lowest BCUT2D eigenvalue weighted by molar-refractivity contribution is 0.286. The Labute approximate surface area is 141 Å². The lowest BCUT2D eigenvalue weighted by atomic mass is 10.1. The van der Waals surface area contributed by atoms with Crippen LogP contribution in [-0.2, 0) is 0 Å². The standard InChI is InChI=1S/C21H43N/c1-4-7-9-11-13-15-17-20-22(19-6-3)21-18-16-14-12-10-8-5-2/h6H,3-5,7-21H2,1-2H3. The van der Waals surface area contributed by atoms with Gasteiger partial charge in [0, 0.05) is 6.54 Å². The summed E-state index contributed by atoms with van der Waals surface area (Å²) in [7, 11) is 0.